The van der Waals surface area contributed by atoms with Gasteiger partial charge in [-0.3, -0.25) is 4.79 Å². The van der Waals surface area contributed by atoms with Crippen LogP contribution in [-0.4, -0.2) is 13.0 Å². The van der Waals surface area contributed by atoms with E-state index in [1.807, 2.05) is 0 Å². The molecule has 0 heterocycles. The molecule has 1 aromatic carbocycles. The quantitative estimate of drug-likeness (QED) is 0.673. The number of amides is 1. The summed E-state index contributed by atoms with van der Waals surface area (Å²) in [6.07, 6.45) is 0.427. The molecule has 0 spiro atoms. The Kier molecular flexibility index (Phi) is 3.19. The van der Waals surface area contributed by atoms with E-state index >= 15 is 0 Å². The second-order valence-electron chi connectivity index (χ2n) is 2.90. The summed E-state index contributed by atoms with van der Waals surface area (Å²) in [5.41, 5.74) is 1.01. The van der Waals surface area contributed by atoms with Crippen LogP contribution < -0.4 is 4.90 Å². The van der Waals surface area contributed by atoms with Gasteiger partial charge in [0.15, 0.2) is 4.98 Å². The molecule has 1 aromatic rings. The van der Waals surface area contributed by atoms with E-state index in [1.165, 1.54) is 4.90 Å². The number of carbonyl (C=O) groups is 1. The fourth-order valence-corrected chi connectivity index (χ4v) is 1.20. The standard InChI is InChI=1S/C10H12N3O/c1-3-10(14)13(2)9-7-5-4-6-8(9)12-11/h4-7H,3H2,1-2H3/q+1. The first-order valence-electron chi connectivity index (χ1n) is 4.41. The largest absolute Gasteiger partial charge is 0.408 e. The van der Waals surface area contributed by atoms with Gasteiger partial charge in [-0.05, 0) is 6.07 Å². The summed E-state index contributed by atoms with van der Waals surface area (Å²) in [7, 11) is 1.66. The fraction of sp³-hybridized carbons (Fsp3) is 0.300. The van der Waals surface area contributed by atoms with Gasteiger partial charge in [0.2, 0.25) is 11.3 Å². The molecule has 0 radical (unpaired) electrons. The van der Waals surface area contributed by atoms with Gasteiger partial charge in [-0.2, -0.15) is 0 Å². The number of para-hydroxylation sites is 1. The van der Waals surface area contributed by atoms with E-state index in [-0.39, 0.29) is 5.91 Å². The van der Waals surface area contributed by atoms with Crippen LogP contribution in [0.3, 0.4) is 0 Å². The van der Waals surface area contributed by atoms with Crippen LogP contribution in [-0.2, 0) is 4.79 Å². The summed E-state index contributed by atoms with van der Waals surface area (Å²) in [4.78, 5) is 16.0. The van der Waals surface area contributed by atoms with Gasteiger partial charge in [-0.15, -0.1) is 0 Å². The van der Waals surface area contributed by atoms with Gasteiger partial charge in [0, 0.05) is 19.5 Å². The Morgan fingerprint density at radius 2 is 2.14 bits per heavy atom. The molecule has 0 bridgehead atoms. The smallest absolute Gasteiger partial charge is 0.309 e. The van der Waals surface area contributed by atoms with E-state index in [2.05, 4.69) is 4.98 Å². The molecule has 1 amide bonds. The number of nitrogens with zero attached hydrogens (tertiary/aromatic N) is 3. The van der Waals surface area contributed by atoms with Gasteiger partial charge in [0.05, 0.1) is 0 Å². The van der Waals surface area contributed by atoms with Crippen molar-refractivity contribution in [2.75, 3.05) is 11.9 Å². The van der Waals surface area contributed by atoms with Crippen molar-refractivity contribution in [1.29, 1.82) is 5.39 Å². The molecule has 4 heteroatoms. The average Bonchev–Trinajstić information content (AvgIpc) is 2.26. The molecule has 14 heavy (non-hydrogen) atoms. The van der Waals surface area contributed by atoms with Crippen molar-refractivity contribution in [2.24, 2.45) is 0 Å². The minimum absolute atomic E-state index is 0.0129. The molecule has 0 atom stereocenters. The Hall–Kier alpha value is -1.89. The van der Waals surface area contributed by atoms with Crippen LogP contribution in [0.1, 0.15) is 13.3 Å². The summed E-state index contributed by atoms with van der Waals surface area (Å²) in [5, 5.41) is 8.71. The predicted octanol–water partition coefficient (Wildman–Crippen LogP) is 2.54. The zero-order valence-corrected chi connectivity index (χ0v) is 8.27. The highest BCUT2D eigenvalue weighted by atomic mass is 16.2. The number of hydrogen-bond acceptors (Lipinski definition) is 2. The third-order valence-corrected chi connectivity index (χ3v) is 2.03. The first-order chi connectivity index (χ1) is 6.70. The minimum atomic E-state index is -0.0129. The van der Waals surface area contributed by atoms with Gasteiger partial charge in [-0.1, -0.05) is 19.1 Å². The lowest BCUT2D eigenvalue weighted by Gasteiger charge is -2.13. The van der Waals surface area contributed by atoms with E-state index < -0.39 is 0 Å². The zero-order valence-electron chi connectivity index (χ0n) is 8.27. The van der Waals surface area contributed by atoms with E-state index in [9.17, 15) is 4.79 Å². The number of rotatable bonds is 2. The lowest BCUT2D eigenvalue weighted by Crippen LogP contribution is -2.24. The van der Waals surface area contributed by atoms with Crippen molar-refractivity contribution < 1.29 is 4.79 Å². The Morgan fingerprint density at radius 1 is 1.50 bits per heavy atom. The Balaban J connectivity index is 3.07. The number of hydrogen-bond donors (Lipinski definition) is 0. The number of carbonyl (C=O) groups excluding carboxylic acids is 1. The highest BCUT2D eigenvalue weighted by Crippen LogP contribution is 2.27. The second-order valence-corrected chi connectivity index (χ2v) is 2.90. The topological polar surface area (TPSA) is 48.5 Å². The molecule has 0 aliphatic rings. The average molecular weight is 190 g/mol. The third-order valence-electron chi connectivity index (χ3n) is 2.03. The van der Waals surface area contributed by atoms with Crippen LogP contribution in [0.15, 0.2) is 24.3 Å². The summed E-state index contributed by atoms with van der Waals surface area (Å²) < 4.78 is 0. The van der Waals surface area contributed by atoms with Crippen molar-refractivity contribution in [3.8, 4) is 0 Å². The van der Waals surface area contributed by atoms with Crippen molar-refractivity contribution in [3.05, 3.63) is 29.2 Å². The van der Waals surface area contributed by atoms with Gasteiger partial charge in [0.1, 0.15) is 5.69 Å². The summed E-state index contributed by atoms with van der Waals surface area (Å²) in [6, 6.07) is 6.93. The summed E-state index contributed by atoms with van der Waals surface area (Å²) >= 11 is 0. The lowest BCUT2D eigenvalue weighted by atomic mass is 10.2. The van der Waals surface area contributed by atoms with Crippen LogP contribution in [0.5, 0.6) is 0 Å². The number of anilines is 1. The fourth-order valence-electron chi connectivity index (χ4n) is 1.20. The highest BCUT2D eigenvalue weighted by Gasteiger charge is 2.19. The van der Waals surface area contributed by atoms with Crippen LogP contribution in [0.2, 0.25) is 0 Å². The van der Waals surface area contributed by atoms with Crippen LogP contribution >= 0.6 is 0 Å². The molecule has 1 rings (SSSR count). The molecule has 72 valence electrons. The van der Waals surface area contributed by atoms with E-state index in [0.717, 1.165) is 0 Å². The van der Waals surface area contributed by atoms with Gasteiger partial charge in [0.25, 0.3) is 0 Å². The molecule has 0 aromatic heterocycles. The third kappa shape index (κ3) is 1.88. The molecule has 0 unspecified atom stereocenters. The van der Waals surface area contributed by atoms with Crippen molar-refractivity contribution in [2.45, 2.75) is 13.3 Å². The Labute approximate surface area is 82.8 Å². The molecule has 0 aliphatic heterocycles. The monoisotopic (exact) mass is 190 g/mol. The van der Waals surface area contributed by atoms with Crippen LogP contribution in [0.4, 0.5) is 11.4 Å². The maximum atomic E-state index is 11.4. The summed E-state index contributed by atoms with van der Waals surface area (Å²) in [6.45, 7) is 1.79. The van der Waals surface area contributed by atoms with Crippen molar-refractivity contribution in [3.63, 3.8) is 0 Å². The number of diazo groups is 1. The lowest BCUT2D eigenvalue weighted by molar-refractivity contribution is -0.118. The molecule has 4 nitrogen and oxygen atoms in total. The SMILES string of the molecule is CCC(=O)N(C)c1ccccc1[N+]#N. The molecule has 0 aliphatic carbocycles. The zero-order chi connectivity index (χ0) is 10.6. The molecule has 0 saturated carbocycles. The molecular formula is C10H12N3O+. The molecule has 0 saturated heterocycles. The van der Waals surface area contributed by atoms with Crippen molar-refractivity contribution >= 4 is 17.3 Å². The van der Waals surface area contributed by atoms with Gasteiger partial charge in [-0.25, -0.2) is 0 Å². The van der Waals surface area contributed by atoms with E-state index in [4.69, 9.17) is 5.39 Å². The maximum absolute atomic E-state index is 11.4. The minimum Gasteiger partial charge on any atom is -0.309 e. The first kappa shape index (κ1) is 10.2. The van der Waals surface area contributed by atoms with Gasteiger partial charge < -0.3 is 4.90 Å². The highest BCUT2D eigenvalue weighted by molar-refractivity contribution is 5.96. The van der Waals surface area contributed by atoms with Crippen LogP contribution in [0, 0.1) is 5.39 Å². The van der Waals surface area contributed by atoms with Gasteiger partial charge >= 0.3 is 5.69 Å². The molecule has 0 N–H and O–H groups in total. The molecule has 0 fully saturated rings. The Bertz CT molecular complexity index is 381. The second kappa shape index (κ2) is 4.38. The Morgan fingerprint density at radius 3 is 2.71 bits per heavy atom. The maximum Gasteiger partial charge on any atom is 0.408 e. The van der Waals surface area contributed by atoms with Crippen molar-refractivity contribution in [1.82, 2.24) is 0 Å². The summed E-state index contributed by atoms with van der Waals surface area (Å²) in [5.74, 6) is -0.0129. The number of benzene rings is 1. The normalized spacial score (nSPS) is 9.21. The van der Waals surface area contributed by atoms with E-state index in [0.29, 0.717) is 17.8 Å². The van der Waals surface area contributed by atoms with E-state index in [1.54, 1.807) is 38.2 Å². The predicted molar refractivity (Wildman–Crippen MR) is 54.9 cm³/mol. The molecular weight excluding hydrogens is 178 g/mol. The first-order valence-corrected chi connectivity index (χ1v) is 4.41. The van der Waals surface area contributed by atoms with Crippen LogP contribution in [0.25, 0.3) is 4.98 Å².